The monoisotopic (exact) mass is 288 g/mol. The largest absolute Gasteiger partial charge is 0.382 e. The molecule has 1 aliphatic carbocycles. The van der Waals surface area contributed by atoms with Crippen LogP contribution in [0.2, 0.25) is 0 Å². The van der Waals surface area contributed by atoms with Gasteiger partial charge in [0.15, 0.2) is 0 Å². The fraction of sp³-hybridized carbons (Fsp3) is 0.588. The van der Waals surface area contributed by atoms with Gasteiger partial charge in [-0.25, -0.2) is 0 Å². The maximum atomic E-state index is 11.1. The van der Waals surface area contributed by atoms with E-state index in [4.69, 9.17) is 10.5 Å². The third-order valence-corrected chi connectivity index (χ3v) is 4.80. The first-order chi connectivity index (χ1) is 10.2. The van der Waals surface area contributed by atoms with Gasteiger partial charge in [0, 0.05) is 23.9 Å². The summed E-state index contributed by atoms with van der Waals surface area (Å²) in [5, 5.41) is 3.59. The molecule has 2 fully saturated rings. The van der Waals surface area contributed by atoms with E-state index in [9.17, 15) is 4.79 Å². The summed E-state index contributed by atoms with van der Waals surface area (Å²) in [5.41, 5.74) is 6.98. The van der Waals surface area contributed by atoms with Gasteiger partial charge in [0.2, 0.25) is 5.91 Å². The number of carbonyl (C=O) groups excluding carboxylic acids is 1. The van der Waals surface area contributed by atoms with Crippen LogP contribution in [0.25, 0.3) is 0 Å². The van der Waals surface area contributed by atoms with Crippen LogP contribution in [0.4, 0.5) is 5.69 Å². The molecule has 1 unspecified atom stereocenters. The van der Waals surface area contributed by atoms with Crippen LogP contribution in [0, 0.1) is 0 Å². The Morgan fingerprint density at radius 3 is 2.57 bits per heavy atom. The van der Waals surface area contributed by atoms with E-state index in [0.29, 0.717) is 11.6 Å². The lowest BCUT2D eigenvalue weighted by Gasteiger charge is -2.44. The summed E-state index contributed by atoms with van der Waals surface area (Å²) in [7, 11) is 0. The number of benzene rings is 1. The first kappa shape index (κ1) is 14.4. The van der Waals surface area contributed by atoms with Crippen LogP contribution in [0.1, 0.15) is 55.3 Å². The highest BCUT2D eigenvalue weighted by molar-refractivity contribution is 5.93. The predicted octanol–water partition coefficient (Wildman–Crippen LogP) is 3.08. The van der Waals surface area contributed by atoms with Crippen molar-refractivity contribution in [2.75, 3.05) is 11.9 Å². The van der Waals surface area contributed by atoms with E-state index in [1.807, 2.05) is 12.1 Å². The number of ether oxygens (including phenoxy) is 1. The smallest absolute Gasteiger partial charge is 0.248 e. The van der Waals surface area contributed by atoms with E-state index < -0.39 is 0 Å². The van der Waals surface area contributed by atoms with Crippen LogP contribution < -0.4 is 11.1 Å². The molecular formula is C17H24N2O2. The van der Waals surface area contributed by atoms with Gasteiger partial charge in [0.05, 0.1) is 5.60 Å². The van der Waals surface area contributed by atoms with Gasteiger partial charge in [-0.1, -0.05) is 19.3 Å². The number of hydrogen-bond donors (Lipinski definition) is 2. The van der Waals surface area contributed by atoms with Gasteiger partial charge in [-0.15, -0.1) is 0 Å². The number of amides is 1. The Bertz CT molecular complexity index is 487. The molecule has 4 heteroatoms. The maximum Gasteiger partial charge on any atom is 0.248 e. The van der Waals surface area contributed by atoms with Crippen molar-refractivity contribution in [3.05, 3.63) is 29.8 Å². The Morgan fingerprint density at radius 1 is 1.19 bits per heavy atom. The van der Waals surface area contributed by atoms with E-state index in [2.05, 4.69) is 5.32 Å². The van der Waals surface area contributed by atoms with E-state index in [1.165, 1.54) is 32.1 Å². The molecule has 0 radical (unpaired) electrons. The molecule has 3 N–H and O–H groups in total. The Balaban J connectivity index is 1.62. The summed E-state index contributed by atoms with van der Waals surface area (Å²) in [5.74, 6) is -0.381. The molecule has 3 rings (SSSR count). The lowest BCUT2D eigenvalue weighted by Crippen LogP contribution is -2.45. The van der Waals surface area contributed by atoms with E-state index in [-0.39, 0.29) is 11.5 Å². The van der Waals surface area contributed by atoms with E-state index >= 15 is 0 Å². The Kier molecular flexibility index (Phi) is 4.15. The minimum Gasteiger partial charge on any atom is -0.382 e. The summed E-state index contributed by atoms with van der Waals surface area (Å²) in [4.78, 5) is 11.1. The predicted molar refractivity (Wildman–Crippen MR) is 83.4 cm³/mol. The van der Waals surface area contributed by atoms with Crippen molar-refractivity contribution in [3.8, 4) is 0 Å². The Morgan fingerprint density at radius 2 is 1.90 bits per heavy atom. The fourth-order valence-corrected chi connectivity index (χ4v) is 3.66. The molecule has 1 aromatic rings. The molecular weight excluding hydrogens is 264 g/mol. The van der Waals surface area contributed by atoms with E-state index in [0.717, 1.165) is 25.1 Å². The fourth-order valence-electron chi connectivity index (χ4n) is 3.66. The minimum absolute atomic E-state index is 0.112. The van der Waals surface area contributed by atoms with Crippen LogP contribution >= 0.6 is 0 Å². The minimum atomic E-state index is -0.381. The maximum absolute atomic E-state index is 11.1. The van der Waals surface area contributed by atoms with Gasteiger partial charge in [0.1, 0.15) is 0 Å². The molecule has 4 nitrogen and oxygen atoms in total. The van der Waals surface area contributed by atoms with Crippen LogP contribution in [0.15, 0.2) is 24.3 Å². The molecule has 1 amide bonds. The zero-order chi connectivity index (χ0) is 14.7. The SMILES string of the molecule is NC(=O)c1ccc(NC2CCOC3(CCCCC3)C2)cc1. The van der Waals surface area contributed by atoms with Gasteiger partial charge < -0.3 is 15.8 Å². The Hall–Kier alpha value is -1.55. The molecule has 0 bridgehead atoms. The van der Waals surface area contributed by atoms with Crippen LogP contribution in [0.3, 0.4) is 0 Å². The normalized spacial score (nSPS) is 24.7. The van der Waals surface area contributed by atoms with Crippen LogP contribution in [-0.2, 0) is 4.74 Å². The molecule has 114 valence electrons. The summed E-state index contributed by atoms with van der Waals surface area (Å²) in [6.07, 6.45) is 8.46. The average molecular weight is 288 g/mol. The standard InChI is InChI=1S/C17H24N2O2/c18-16(20)13-4-6-14(7-5-13)19-15-8-11-21-17(12-15)9-2-1-3-10-17/h4-7,15,19H,1-3,8-12H2,(H2,18,20). The third kappa shape index (κ3) is 3.38. The van der Waals surface area contributed by atoms with Crippen molar-refractivity contribution in [1.29, 1.82) is 0 Å². The summed E-state index contributed by atoms with van der Waals surface area (Å²) in [6.45, 7) is 0.844. The molecule has 1 atom stereocenters. The molecule has 1 saturated carbocycles. The second-order valence-corrected chi connectivity index (χ2v) is 6.37. The van der Waals surface area contributed by atoms with Gasteiger partial charge in [-0.3, -0.25) is 4.79 Å². The zero-order valence-corrected chi connectivity index (χ0v) is 12.4. The number of nitrogens with two attached hydrogens (primary N) is 1. The zero-order valence-electron chi connectivity index (χ0n) is 12.4. The molecule has 21 heavy (non-hydrogen) atoms. The number of hydrogen-bond acceptors (Lipinski definition) is 3. The molecule has 1 spiro atoms. The summed E-state index contributed by atoms with van der Waals surface area (Å²) < 4.78 is 6.12. The first-order valence-corrected chi connectivity index (χ1v) is 7.97. The van der Waals surface area contributed by atoms with Crippen molar-refractivity contribution >= 4 is 11.6 Å². The highest BCUT2D eigenvalue weighted by Crippen LogP contribution is 2.39. The average Bonchev–Trinajstić information content (AvgIpc) is 2.49. The second kappa shape index (κ2) is 6.06. The second-order valence-electron chi connectivity index (χ2n) is 6.37. The number of anilines is 1. The third-order valence-electron chi connectivity index (χ3n) is 4.80. The molecule has 2 aliphatic rings. The number of carbonyl (C=O) groups is 1. The number of primary amides is 1. The highest BCUT2D eigenvalue weighted by Gasteiger charge is 2.38. The first-order valence-electron chi connectivity index (χ1n) is 7.97. The van der Waals surface area contributed by atoms with Crippen molar-refractivity contribution in [2.24, 2.45) is 5.73 Å². The quantitative estimate of drug-likeness (QED) is 0.898. The molecule has 1 aliphatic heterocycles. The van der Waals surface area contributed by atoms with Gasteiger partial charge in [-0.2, -0.15) is 0 Å². The molecule has 1 aromatic carbocycles. The lowest BCUT2D eigenvalue weighted by atomic mass is 9.78. The molecule has 0 aromatic heterocycles. The Labute approximate surface area is 126 Å². The lowest BCUT2D eigenvalue weighted by molar-refractivity contribution is -0.103. The van der Waals surface area contributed by atoms with Gasteiger partial charge in [0.25, 0.3) is 0 Å². The van der Waals surface area contributed by atoms with Crippen molar-refractivity contribution < 1.29 is 9.53 Å². The van der Waals surface area contributed by atoms with Crippen molar-refractivity contribution in [3.63, 3.8) is 0 Å². The molecule has 1 saturated heterocycles. The summed E-state index contributed by atoms with van der Waals surface area (Å²) >= 11 is 0. The topological polar surface area (TPSA) is 64.4 Å². The van der Waals surface area contributed by atoms with E-state index in [1.54, 1.807) is 12.1 Å². The summed E-state index contributed by atoms with van der Waals surface area (Å²) in [6, 6.07) is 7.88. The highest BCUT2D eigenvalue weighted by atomic mass is 16.5. The van der Waals surface area contributed by atoms with Crippen molar-refractivity contribution in [1.82, 2.24) is 0 Å². The molecule has 1 heterocycles. The van der Waals surface area contributed by atoms with Crippen LogP contribution in [-0.4, -0.2) is 24.2 Å². The van der Waals surface area contributed by atoms with Gasteiger partial charge >= 0.3 is 0 Å². The number of nitrogens with one attached hydrogen (secondary N) is 1. The van der Waals surface area contributed by atoms with Crippen LogP contribution in [0.5, 0.6) is 0 Å². The van der Waals surface area contributed by atoms with Gasteiger partial charge in [-0.05, 0) is 49.9 Å². The number of rotatable bonds is 3. The van der Waals surface area contributed by atoms with Crippen molar-refractivity contribution in [2.45, 2.75) is 56.6 Å².